The third-order valence-electron chi connectivity index (χ3n) is 6.28. The van der Waals surface area contributed by atoms with Gasteiger partial charge in [-0.25, -0.2) is 13.6 Å². The normalized spacial score (nSPS) is 31.4. The first-order valence-corrected chi connectivity index (χ1v) is 9.92. The molecule has 1 atom stereocenters. The van der Waals surface area contributed by atoms with Crippen molar-refractivity contribution < 1.29 is 27.8 Å². The molecule has 0 aromatic heterocycles. The van der Waals surface area contributed by atoms with Crippen LogP contribution in [0.4, 0.5) is 8.78 Å². The largest absolute Gasteiger partial charge is 0.465 e. The van der Waals surface area contributed by atoms with Crippen LogP contribution in [0.2, 0.25) is 5.02 Å². The standard InChI is InChI=1S/C20H24ClF2NO4/c1-11-14(18(25)26-3)8-15(21)17-16(11)27-19(2,28-17)12-4-6-13(7-5-12)24-9-20(22,23)10-24/h8,12-13H,4-7,9-10H2,1-3H3. The molecule has 1 saturated carbocycles. The van der Waals surface area contributed by atoms with Gasteiger partial charge in [-0.2, -0.15) is 0 Å². The summed E-state index contributed by atoms with van der Waals surface area (Å²) in [5.41, 5.74) is 0.980. The fourth-order valence-electron chi connectivity index (χ4n) is 4.61. The van der Waals surface area contributed by atoms with E-state index >= 15 is 0 Å². The molecule has 2 fully saturated rings. The van der Waals surface area contributed by atoms with E-state index in [9.17, 15) is 13.6 Å². The van der Waals surface area contributed by atoms with Crippen LogP contribution in [0.15, 0.2) is 6.07 Å². The highest BCUT2D eigenvalue weighted by molar-refractivity contribution is 6.32. The lowest BCUT2D eigenvalue weighted by molar-refractivity contribution is -0.162. The Morgan fingerprint density at radius 3 is 2.39 bits per heavy atom. The van der Waals surface area contributed by atoms with Crippen LogP contribution < -0.4 is 9.47 Å². The molecule has 0 N–H and O–H groups in total. The Hall–Kier alpha value is -1.60. The number of carbonyl (C=O) groups is 1. The molecule has 8 heteroatoms. The van der Waals surface area contributed by atoms with Gasteiger partial charge in [-0.3, -0.25) is 4.90 Å². The van der Waals surface area contributed by atoms with E-state index in [2.05, 4.69) is 0 Å². The van der Waals surface area contributed by atoms with Crippen molar-refractivity contribution in [1.82, 2.24) is 4.90 Å². The van der Waals surface area contributed by atoms with Crippen molar-refractivity contribution in [2.24, 2.45) is 5.92 Å². The number of fused-ring (bicyclic) bond motifs is 1. The van der Waals surface area contributed by atoms with E-state index in [4.69, 9.17) is 25.8 Å². The predicted molar refractivity (Wildman–Crippen MR) is 99.5 cm³/mol. The van der Waals surface area contributed by atoms with Crippen LogP contribution in [0.1, 0.15) is 48.5 Å². The molecule has 2 aliphatic heterocycles. The highest BCUT2D eigenvalue weighted by atomic mass is 35.5. The zero-order valence-corrected chi connectivity index (χ0v) is 16.9. The Bertz CT molecular complexity index is 802. The van der Waals surface area contributed by atoms with E-state index < -0.39 is 17.7 Å². The topological polar surface area (TPSA) is 48.0 Å². The number of likely N-dealkylation sites (tertiary alicyclic amines) is 1. The average Bonchev–Trinajstić information content (AvgIpc) is 3.02. The van der Waals surface area contributed by atoms with Crippen molar-refractivity contribution in [1.29, 1.82) is 0 Å². The van der Waals surface area contributed by atoms with E-state index in [1.165, 1.54) is 13.2 Å². The number of alkyl halides is 2. The first-order chi connectivity index (χ1) is 13.1. The summed E-state index contributed by atoms with van der Waals surface area (Å²) in [6, 6.07) is 1.73. The molecule has 5 nitrogen and oxygen atoms in total. The smallest absolute Gasteiger partial charge is 0.338 e. The van der Waals surface area contributed by atoms with Crippen molar-refractivity contribution >= 4 is 17.6 Å². The Morgan fingerprint density at radius 2 is 1.82 bits per heavy atom. The summed E-state index contributed by atoms with van der Waals surface area (Å²) in [5.74, 6) is -2.89. The van der Waals surface area contributed by atoms with Gasteiger partial charge in [-0.1, -0.05) is 11.6 Å². The second kappa shape index (κ2) is 6.73. The summed E-state index contributed by atoms with van der Waals surface area (Å²) in [6.07, 6.45) is 3.30. The van der Waals surface area contributed by atoms with E-state index in [-0.39, 0.29) is 25.0 Å². The van der Waals surface area contributed by atoms with E-state index in [1.54, 1.807) is 6.92 Å². The molecule has 0 radical (unpaired) electrons. The molecule has 1 unspecified atom stereocenters. The Labute approximate surface area is 167 Å². The van der Waals surface area contributed by atoms with Gasteiger partial charge < -0.3 is 14.2 Å². The number of ether oxygens (including phenoxy) is 3. The zero-order valence-electron chi connectivity index (χ0n) is 16.2. The number of rotatable bonds is 3. The number of methoxy groups -OCH3 is 1. The molecule has 1 aromatic rings. The Balaban J connectivity index is 1.47. The number of halogens is 3. The summed E-state index contributed by atoms with van der Waals surface area (Å²) >= 11 is 6.34. The minimum absolute atomic E-state index is 0.106. The summed E-state index contributed by atoms with van der Waals surface area (Å²) < 4.78 is 43.4. The molecule has 1 aliphatic carbocycles. The van der Waals surface area contributed by atoms with Crippen LogP contribution in [0, 0.1) is 12.8 Å². The van der Waals surface area contributed by atoms with Crippen LogP contribution in [0.3, 0.4) is 0 Å². The van der Waals surface area contributed by atoms with E-state index in [1.807, 2.05) is 11.8 Å². The lowest BCUT2D eigenvalue weighted by Crippen LogP contribution is -2.61. The molecular weight excluding hydrogens is 392 g/mol. The van der Waals surface area contributed by atoms with Crippen LogP contribution in [-0.2, 0) is 4.74 Å². The minimum Gasteiger partial charge on any atom is -0.465 e. The molecular formula is C20H24ClF2NO4. The van der Waals surface area contributed by atoms with Crippen LogP contribution in [-0.4, -0.2) is 48.8 Å². The van der Waals surface area contributed by atoms with Crippen molar-refractivity contribution in [3.63, 3.8) is 0 Å². The maximum Gasteiger partial charge on any atom is 0.338 e. The molecule has 1 aromatic carbocycles. The lowest BCUT2D eigenvalue weighted by atomic mass is 9.80. The number of carbonyl (C=O) groups excluding carboxylic acids is 1. The minimum atomic E-state index is -2.53. The molecule has 0 spiro atoms. The fourth-order valence-corrected chi connectivity index (χ4v) is 4.84. The molecule has 4 rings (SSSR count). The van der Waals surface area contributed by atoms with Gasteiger partial charge in [0.15, 0.2) is 11.5 Å². The quantitative estimate of drug-likeness (QED) is 0.683. The van der Waals surface area contributed by atoms with Gasteiger partial charge in [-0.15, -0.1) is 0 Å². The number of benzene rings is 1. The van der Waals surface area contributed by atoms with Crippen molar-refractivity contribution in [3.8, 4) is 11.5 Å². The van der Waals surface area contributed by atoms with E-state index in [0.29, 0.717) is 27.6 Å². The summed E-state index contributed by atoms with van der Waals surface area (Å²) in [7, 11) is 1.32. The highest BCUT2D eigenvalue weighted by Crippen LogP contribution is 2.52. The van der Waals surface area contributed by atoms with Gasteiger partial charge in [-0.05, 0) is 38.7 Å². The van der Waals surface area contributed by atoms with Crippen LogP contribution >= 0.6 is 11.6 Å². The summed E-state index contributed by atoms with van der Waals surface area (Å²) in [6.45, 7) is 3.38. The first kappa shape index (κ1) is 19.7. The Morgan fingerprint density at radius 1 is 1.21 bits per heavy atom. The van der Waals surface area contributed by atoms with Crippen molar-refractivity contribution in [2.45, 2.75) is 57.3 Å². The maximum atomic E-state index is 13.1. The van der Waals surface area contributed by atoms with E-state index in [0.717, 1.165) is 25.7 Å². The van der Waals surface area contributed by atoms with Crippen LogP contribution in [0.5, 0.6) is 11.5 Å². The van der Waals surface area contributed by atoms with Gasteiger partial charge in [0.25, 0.3) is 11.7 Å². The second-order valence-corrected chi connectivity index (χ2v) is 8.57. The summed E-state index contributed by atoms with van der Waals surface area (Å²) in [5, 5.41) is 0.307. The average molecular weight is 416 g/mol. The Kier molecular flexibility index (Phi) is 4.74. The van der Waals surface area contributed by atoms with Gasteiger partial charge in [0.05, 0.1) is 30.8 Å². The molecule has 0 bridgehead atoms. The monoisotopic (exact) mass is 415 g/mol. The van der Waals surface area contributed by atoms with Crippen LogP contribution in [0.25, 0.3) is 0 Å². The SMILES string of the molecule is COC(=O)c1cc(Cl)c2c(c1C)OC(C)(C1CCC(N3CC(F)(F)C3)CC1)O2. The molecule has 28 heavy (non-hydrogen) atoms. The molecule has 1 saturated heterocycles. The van der Waals surface area contributed by atoms with Gasteiger partial charge >= 0.3 is 5.97 Å². The first-order valence-electron chi connectivity index (χ1n) is 9.55. The maximum absolute atomic E-state index is 13.1. The third kappa shape index (κ3) is 3.22. The molecule has 0 amide bonds. The number of hydrogen-bond donors (Lipinski definition) is 0. The molecule has 2 heterocycles. The number of hydrogen-bond acceptors (Lipinski definition) is 5. The highest BCUT2D eigenvalue weighted by Gasteiger charge is 2.51. The second-order valence-electron chi connectivity index (χ2n) is 8.17. The lowest BCUT2D eigenvalue weighted by Gasteiger charge is -2.47. The van der Waals surface area contributed by atoms with Gasteiger partial charge in [0.1, 0.15) is 0 Å². The number of nitrogens with zero attached hydrogens (tertiary/aromatic N) is 1. The third-order valence-corrected chi connectivity index (χ3v) is 6.56. The predicted octanol–water partition coefficient (Wildman–Crippen LogP) is 4.43. The van der Waals surface area contributed by atoms with Crippen molar-refractivity contribution in [2.75, 3.05) is 20.2 Å². The number of esters is 1. The fraction of sp³-hybridized carbons (Fsp3) is 0.650. The molecule has 3 aliphatic rings. The zero-order chi connectivity index (χ0) is 20.3. The van der Waals surface area contributed by atoms with Gasteiger partial charge in [0, 0.05) is 24.4 Å². The molecule has 154 valence electrons. The van der Waals surface area contributed by atoms with Gasteiger partial charge in [0.2, 0.25) is 0 Å². The summed E-state index contributed by atoms with van der Waals surface area (Å²) in [4.78, 5) is 13.9. The van der Waals surface area contributed by atoms with Crippen molar-refractivity contribution in [3.05, 3.63) is 22.2 Å².